The van der Waals surface area contributed by atoms with Crippen LogP contribution in [-0.4, -0.2) is 15.9 Å². The maximum Gasteiger partial charge on any atom is 0.124 e. The minimum Gasteiger partial charge on any atom is -0.390 e. The number of hydrogen-bond acceptors (Lipinski definition) is 3. The van der Waals surface area contributed by atoms with Crippen molar-refractivity contribution in [3.8, 4) is 0 Å². The molecule has 0 aromatic carbocycles. The van der Waals surface area contributed by atoms with Gasteiger partial charge >= 0.3 is 0 Å². The first-order valence-corrected chi connectivity index (χ1v) is 3.90. The van der Waals surface area contributed by atoms with E-state index in [2.05, 4.69) is 9.68 Å². The zero-order valence-corrected chi connectivity index (χ0v) is 6.29. The van der Waals surface area contributed by atoms with E-state index in [4.69, 9.17) is 0 Å². The van der Waals surface area contributed by atoms with E-state index in [1.807, 2.05) is 6.07 Å². The Labute approximate surface area is 65.0 Å². The lowest BCUT2D eigenvalue weighted by molar-refractivity contribution is 0.140. The molecule has 60 valence electrons. The smallest absolute Gasteiger partial charge is 0.124 e. The van der Waals surface area contributed by atoms with Crippen molar-refractivity contribution in [3.63, 3.8) is 0 Å². The van der Waals surface area contributed by atoms with E-state index >= 15 is 0 Å². The van der Waals surface area contributed by atoms with E-state index in [0.717, 1.165) is 31.4 Å². The molecule has 1 aromatic heterocycles. The largest absolute Gasteiger partial charge is 0.390 e. The van der Waals surface area contributed by atoms with Gasteiger partial charge in [0.05, 0.1) is 11.3 Å². The van der Waals surface area contributed by atoms with Crippen molar-refractivity contribution in [1.29, 1.82) is 0 Å². The maximum absolute atomic E-state index is 9.47. The zero-order chi connectivity index (χ0) is 7.73. The number of hydrogen-bond donors (Lipinski definition) is 1. The van der Waals surface area contributed by atoms with Crippen molar-refractivity contribution in [2.75, 3.05) is 0 Å². The second kappa shape index (κ2) is 2.34. The fourth-order valence-electron chi connectivity index (χ4n) is 1.12. The normalized spacial score (nSPS) is 20.1. The first kappa shape index (κ1) is 6.85. The molecule has 1 heterocycles. The van der Waals surface area contributed by atoms with Crippen molar-refractivity contribution < 1.29 is 9.63 Å². The highest BCUT2D eigenvalue weighted by molar-refractivity contribution is 5.01. The SMILES string of the molecule is OC1(CCc2ccon2)CC1. The summed E-state index contributed by atoms with van der Waals surface area (Å²) in [5.74, 6) is 0. The number of aromatic nitrogens is 1. The van der Waals surface area contributed by atoms with E-state index in [1.165, 1.54) is 0 Å². The first-order chi connectivity index (χ1) is 5.29. The minimum atomic E-state index is -0.362. The summed E-state index contributed by atoms with van der Waals surface area (Å²) in [6.07, 6.45) is 5.11. The highest BCUT2D eigenvalue weighted by Crippen LogP contribution is 2.38. The average molecular weight is 153 g/mol. The summed E-state index contributed by atoms with van der Waals surface area (Å²) in [6.45, 7) is 0. The molecule has 0 aliphatic heterocycles. The fraction of sp³-hybridized carbons (Fsp3) is 0.625. The van der Waals surface area contributed by atoms with E-state index in [1.54, 1.807) is 6.26 Å². The molecule has 1 aliphatic carbocycles. The minimum absolute atomic E-state index is 0.362. The lowest BCUT2D eigenvalue weighted by Crippen LogP contribution is -2.07. The van der Waals surface area contributed by atoms with Gasteiger partial charge < -0.3 is 9.63 Å². The van der Waals surface area contributed by atoms with Crippen molar-refractivity contribution in [3.05, 3.63) is 18.0 Å². The van der Waals surface area contributed by atoms with Gasteiger partial charge in [0.25, 0.3) is 0 Å². The third-order valence-corrected chi connectivity index (χ3v) is 2.16. The third kappa shape index (κ3) is 1.60. The molecule has 0 unspecified atom stereocenters. The molecule has 0 bridgehead atoms. The molecule has 0 spiro atoms. The van der Waals surface area contributed by atoms with Gasteiger partial charge in [-0.3, -0.25) is 0 Å². The van der Waals surface area contributed by atoms with E-state index < -0.39 is 0 Å². The van der Waals surface area contributed by atoms with Gasteiger partial charge in [-0.05, 0) is 25.7 Å². The van der Waals surface area contributed by atoms with E-state index in [0.29, 0.717) is 0 Å². The summed E-state index contributed by atoms with van der Waals surface area (Å²) < 4.78 is 4.67. The molecule has 2 rings (SSSR count). The molecule has 1 aromatic rings. The van der Waals surface area contributed by atoms with Crippen LogP contribution in [0.25, 0.3) is 0 Å². The molecule has 1 N–H and O–H groups in total. The first-order valence-electron chi connectivity index (χ1n) is 3.90. The second-order valence-electron chi connectivity index (χ2n) is 3.22. The zero-order valence-electron chi connectivity index (χ0n) is 6.29. The van der Waals surface area contributed by atoms with Crippen molar-refractivity contribution in [2.45, 2.75) is 31.3 Å². The van der Waals surface area contributed by atoms with Crippen molar-refractivity contribution in [1.82, 2.24) is 5.16 Å². The molecule has 3 nitrogen and oxygen atoms in total. The monoisotopic (exact) mass is 153 g/mol. The summed E-state index contributed by atoms with van der Waals surface area (Å²) in [5, 5.41) is 13.2. The Balaban J connectivity index is 1.83. The van der Waals surface area contributed by atoms with Gasteiger partial charge in [0.2, 0.25) is 0 Å². The Morgan fingerprint density at radius 1 is 1.64 bits per heavy atom. The van der Waals surface area contributed by atoms with Gasteiger partial charge in [0.15, 0.2) is 0 Å². The summed E-state index contributed by atoms with van der Waals surface area (Å²) in [6, 6.07) is 1.84. The highest BCUT2D eigenvalue weighted by Gasteiger charge is 2.39. The third-order valence-electron chi connectivity index (χ3n) is 2.16. The van der Waals surface area contributed by atoms with Gasteiger partial charge in [-0.2, -0.15) is 0 Å². The molecule has 0 atom stereocenters. The average Bonchev–Trinajstić information content (AvgIpc) is 2.53. The van der Waals surface area contributed by atoms with Gasteiger partial charge in [-0.15, -0.1) is 0 Å². The highest BCUT2D eigenvalue weighted by atomic mass is 16.5. The fourth-order valence-corrected chi connectivity index (χ4v) is 1.12. The van der Waals surface area contributed by atoms with Crippen molar-refractivity contribution in [2.24, 2.45) is 0 Å². The Morgan fingerprint density at radius 2 is 2.45 bits per heavy atom. The number of nitrogens with zero attached hydrogens (tertiary/aromatic N) is 1. The van der Waals surface area contributed by atoms with Crippen LogP contribution in [0.15, 0.2) is 16.9 Å². The Kier molecular flexibility index (Phi) is 1.46. The quantitative estimate of drug-likeness (QED) is 0.708. The topological polar surface area (TPSA) is 46.3 Å². The molecule has 0 saturated heterocycles. The predicted octanol–water partition coefficient (Wildman–Crippen LogP) is 1.13. The predicted molar refractivity (Wildman–Crippen MR) is 39.0 cm³/mol. The summed E-state index contributed by atoms with van der Waals surface area (Å²) in [7, 11) is 0. The molecule has 0 amide bonds. The molecular formula is C8H11NO2. The molecule has 3 heteroatoms. The van der Waals surface area contributed by atoms with Gasteiger partial charge in [-0.25, -0.2) is 0 Å². The Morgan fingerprint density at radius 3 is 3.00 bits per heavy atom. The van der Waals surface area contributed by atoms with E-state index in [-0.39, 0.29) is 5.60 Å². The van der Waals surface area contributed by atoms with Gasteiger partial charge in [0, 0.05) is 6.07 Å². The molecule has 11 heavy (non-hydrogen) atoms. The molecule has 1 aliphatic rings. The van der Waals surface area contributed by atoms with Crippen LogP contribution in [0.3, 0.4) is 0 Å². The van der Waals surface area contributed by atoms with E-state index in [9.17, 15) is 5.11 Å². The summed E-state index contributed by atoms with van der Waals surface area (Å²) in [5.41, 5.74) is 0.573. The number of rotatable bonds is 3. The van der Waals surface area contributed by atoms with Crippen LogP contribution in [0, 0.1) is 0 Å². The summed E-state index contributed by atoms with van der Waals surface area (Å²) >= 11 is 0. The summed E-state index contributed by atoms with van der Waals surface area (Å²) in [4.78, 5) is 0. The standard InChI is InChI=1S/C8H11NO2/c10-8(4-5-8)3-1-7-2-6-11-9-7/h2,6,10H,1,3-5H2. The Hall–Kier alpha value is -0.830. The maximum atomic E-state index is 9.47. The number of aryl methyl sites for hydroxylation is 1. The van der Waals surface area contributed by atoms with Crippen LogP contribution < -0.4 is 0 Å². The van der Waals surface area contributed by atoms with Crippen LogP contribution in [0.5, 0.6) is 0 Å². The lowest BCUT2D eigenvalue weighted by Gasteiger charge is -2.03. The lowest BCUT2D eigenvalue weighted by atomic mass is 10.1. The van der Waals surface area contributed by atoms with Crippen LogP contribution >= 0.6 is 0 Å². The van der Waals surface area contributed by atoms with Crippen LogP contribution in [0.2, 0.25) is 0 Å². The van der Waals surface area contributed by atoms with Crippen molar-refractivity contribution >= 4 is 0 Å². The molecule has 1 saturated carbocycles. The molecule has 1 fully saturated rings. The van der Waals surface area contributed by atoms with Crippen LogP contribution in [-0.2, 0) is 6.42 Å². The van der Waals surface area contributed by atoms with Gasteiger partial charge in [0.1, 0.15) is 6.26 Å². The van der Waals surface area contributed by atoms with Gasteiger partial charge in [-0.1, -0.05) is 5.16 Å². The Bertz CT molecular complexity index is 226. The second-order valence-corrected chi connectivity index (χ2v) is 3.22. The van der Waals surface area contributed by atoms with Crippen LogP contribution in [0.1, 0.15) is 25.0 Å². The number of aliphatic hydroxyl groups is 1. The van der Waals surface area contributed by atoms with Crippen LogP contribution in [0.4, 0.5) is 0 Å². The molecule has 0 radical (unpaired) electrons. The molecular weight excluding hydrogens is 142 g/mol.